The van der Waals surface area contributed by atoms with Crippen LogP contribution in [0.5, 0.6) is 0 Å². The van der Waals surface area contributed by atoms with Crippen molar-refractivity contribution < 1.29 is 17.9 Å². The summed E-state index contributed by atoms with van der Waals surface area (Å²) < 4.78 is 32.9. The Bertz CT molecular complexity index is 711. The number of nitrogens with one attached hydrogen (secondary N) is 1. The van der Waals surface area contributed by atoms with Crippen LogP contribution in [0.4, 0.5) is 5.69 Å². The lowest BCUT2D eigenvalue weighted by atomic mass is 10.1. The van der Waals surface area contributed by atoms with Crippen LogP contribution < -0.4 is 9.62 Å². The number of nitrogens with zero attached hydrogens (tertiary/aromatic N) is 1. The number of sulfonamides is 1. The Labute approximate surface area is 136 Å². The maximum Gasteiger partial charge on any atom is 0.240 e. The number of fused-ring (bicyclic) bond motifs is 1. The highest BCUT2D eigenvalue weighted by Gasteiger charge is 2.30. The molecule has 2 aliphatic rings. The fraction of sp³-hybridized carbons (Fsp3) is 0.562. The van der Waals surface area contributed by atoms with Crippen LogP contribution in [0.3, 0.4) is 0 Å². The highest BCUT2D eigenvalue weighted by molar-refractivity contribution is 7.89. The molecule has 23 heavy (non-hydrogen) atoms. The molecule has 0 saturated carbocycles. The molecule has 126 valence electrons. The molecule has 7 heteroatoms. The Morgan fingerprint density at radius 2 is 2.22 bits per heavy atom. The number of hydrogen-bond donors (Lipinski definition) is 1. The van der Waals surface area contributed by atoms with Crippen molar-refractivity contribution in [1.82, 2.24) is 4.72 Å². The lowest BCUT2D eigenvalue weighted by Gasteiger charge is -2.20. The summed E-state index contributed by atoms with van der Waals surface area (Å²) in [6, 6.07) is 5.01. The number of carbonyl (C=O) groups is 1. The van der Waals surface area contributed by atoms with E-state index in [-0.39, 0.29) is 22.9 Å². The molecule has 0 bridgehead atoms. The zero-order chi connectivity index (χ0) is 16.6. The van der Waals surface area contributed by atoms with Gasteiger partial charge in [-0.3, -0.25) is 4.79 Å². The zero-order valence-electron chi connectivity index (χ0n) is 13.4. The summed E-state index contributed by atoms with van der Waals surface area (Å²) in [5, 5.41) is 0. The van der Waals surface area contributed by atoms with Gasteiger partial charge in [0.25, 0.3) is 0 Å². The first-order valence-electron chi connectivity index (χ1n) is 7.92. The topological polar surface area (TPSA) is 75.7 Å². The number of hydrogen-bond acceptors (Lipinski definition) is 4. The average molecular weight is 338 g/mol. The van der Waals surface area contributed by atoms with Crippen LogP contribution in [0.2, 0.25) is 0 Å². The summed E-state index contributed by atoms with van der Waals surface area (Å²) in [5.41, 5.74) is 1.70. The van der Waals surface area contributed by atoms with Crippen molar-refractivity contribution >= 4 is 21.6 Å². The zero-order valence-corrected chi connectivity index (χ0v) is 14.2. The van der Waals surface area contributed by atoms with E-state index in [4.69, 9.17) is 4.74 Å². The second-order valence-electron chi connectivity index (χ2n) is 6.22. The number of benzene rings is 1. The Balaban J connectivity index is 1.79. The molecule has 2 aliphatic heterocycles. The van der Waals surface area contributed by atoms with Gasteiger partial charge in [-0.2, -0.15) is 0 Å². The summed E-state index contributed by atoms with van der Waals surface area (Å²) in [4.78, 5) is 13.7. The van der Waals surface area contributed by atoms with Crippen molar-refractivity contribution in [3.05, 3.63) is 23.8 Å². The molecule has 0 aliphatic carbocycles. The highest BCUT2D eigenvalue weighted by Crippen LogP contribution is 2.33. The van der Waals surface area contributed by atoms with Crippen LogP contribution in [-0.2, 0) is 26.0 Å². The molecule has 0 unspecified atom stereocenters. The predicted molar refractivity (Wildman–Crippen MR) is 86.9 cm³/mol. The van der Waals surface area contributed by atoms with Crippen molar-refractivity contribution in [2.75, 3.05) is 18.1 Å². The summed E-state index contributed by atoms with van der Waals surface area (Å²) >= 11 is 0. The lowest BCUT2D eigenvalue weighted by molar-refractivity contribution is -0.116. The molecule has 1 amide bonds. The minimum Gasteiger partial charge on any atom is -0.377 e. The number of amides is 1. The summed E-state index contributed by atoms with van der Waals surface area (Å²) in [6.07, 6.45) is 2.50. The molecule has 2 atom stereocenters. The third-order valence-corrected chi connectivity index (χ3v) is 5.86. The van der Waals surface area contributed by atoms with Gasteiger partial charge in [0.2, 0.25) is 15.9 Å². The molecule has 1 N–H and O–H groups in total. The molecular weight excluding hydrogens is 316 g/mol. The summed E-state index contributed by atoms with van der Waals surface area (Å²) in [7, 11) is -3.56. The molecule has 1 aromatic carbocycles. The number of ether oxygens (including phenoxy) is 1. The minimum atomic E-state index is -3.56. The second kappa shape index (κ2) is 6.22. The van der Waals surface area contributed by atoms with Crippen molar-refractivity contribution in [3.8, 4) is 0 Å². The molecule has 0 spiro atoms. The number of carbonyl (C=O) groups excluding carboxylic acids is 1. The van der Waals surface area contributed by atoms with Gasteiger partial charge in [0.15, 0.2) is 0 Å². The molecule has 0 radical (unpaired) electrons. The Morgan fingerprint density at radius 3 is 2.87 bits per heavy atom. The summed E-state index contributed by atoms with van der Waals surface area (Å²) in [6.45, 7) is 4.49. The van der Waals surface area contributed by atoms with E-state index in [1.54, 1.807) is 23.1 Å². The van der Waals surface area contributed by atoms with Crippen LogP contribution in [0.1, 0.15) is 32.3 Å². The molecule has 3 rings (SSSR count). The van der Waals surface area contributed by atoms with Crippen molar-refractivity contribution in [3.63, 3.8) is 0 Å². The lowest BCUT2D eigenvalue weighted by Crippen LogP contribution is -2.33. The molecule has 2 heterocycles. The van der Waals surface area contributed by atoms with Gasteiger partial charge >= 0.3 is 0 Å². The largest absolute Gasteiger partial charge is 0.377 e. The molecular formula is C16H22N2O4S. The fourth-order valence-corrected chi connectivity index (χ4v) is 4.46. The van der Waals surface area contributed by atoms with Crippen molar-refractivity contribution in [2.45, 2.75) is 50.2 Å². The highest BCUT2D eigenvalue weighted by atomic mass is 32.2. The van der Waals surface area contributed by atoms with E-state index in [0.29, 0.717) is 19.6 Å². The quantitative estimate of drug-likeness (QED) is 0.901. The Kier molecular flexibility index (Phi) is 4.44. The minimum absolute atomic E-state index is 0.0247. The normalized spacial score (nSPS) is 24.0. The monoisotopic (exact) mass is 338 g/mol. The van der Waals surface area contributed by atoms with Crippen LogP contribution >= 0.6 is 0 Å². The number of rotatable bonds is 4. The first-order valence-corrected chi connectivity index (χ1v) is 9.41. The first kappa shape index (κ1) is 16.4. The Morgan fingerprint density at radius 1 is 1.43 bits per heavy atom. The van der Waals surface area contributed by atoms with Gasteiger partial charge in [-0.15, -0.1) is 0 Å². The van der Waals surface area contributed by atoms with Crippen LogP contribution in [0.25, 0.3) is 0 Å². The maximum absolute atomic E-state index is 12.4. The molecule has 6 nitrogen and oxygen atoms in total. The standard InChI is InChI=1S/C16H22N2O4S/c1-11-8-13-9-15(5-6-16(13)18(11)12(2)19)23(20,21)17-10-14-4-3-7-22-14/h5-6,9,11,14,17H,3-4,7-8,10H2,1-2H3/t11-,14-/m0/s1. The van der Waals surface area contributed by atoms with E-state index in [1.807, 2.05) is 6.92 Å². The third kappa shape index (κ3) is 3.27. The van der Waals surface area contributed by atoms with E-state index in [1.165, 1.54) is 6.92 Å². The van der Waals surface area contributed by atoms with Crippen LogP contribution in [-0.4, -0.2) is 39.6 Å². The van der Waals surface area contributed by atoms with Crippen molar-refractivity contribution in [1.29, 1.82) is 0 Å². The first-order chi connectivity index (χ1) is 10.9. The maximum atomic E-state index is 12.4. The van der Waals surface area contributed by atoms with E-state index < -0.39 is 10.0 Å². The van der Waals surface area contributed by atoms with E-state index in [2.05, 4.69) is 4.72 Å². The summed E-state index contributed by atoms with van der Waals surface area (Å²) in [5.74, 6) is -0.0247. The fourth-order valence-electron chi connectivity index (χ4n) is 3.35. The SMILES string of the molecule is CC(=O)N1c2ccc(S(=O)(=O)NC[C@@H]3CCCO3)cc2C[C@@H]1C. The van der Waals surface area contributed by atoms with Crippen LogP contribution in [0, 0.1) is 0 Å². The van der Waals surface area contributed by atoms with Gasteiger partial charge in [-0.05, 0) is 49.9 Å². The van der Waals surface area contributed by atoms with Gasteiger partial charge in [0.1, 0.15) is 0 Å². The van der Waals surface area contributed by atoms with E-state index >= 15 is 0 Å². The van der Waals surface area contributed by atoms with Crippen molar-refractivity contribution in [2.24, 2.45) is 0 Å². The van der Waals surface area contributed by atoms with Gasteiger partial charge in [-0.1, -0.05) is 0 Å². The van der Waals surface area contributed by atoms with Gasteiger partial charge in [-0.25, -0.2) is 13.1 Å². The average Bonchev–Trinajstić information content (AvgIpc) is 3.10. The molecule has 1 aromatic rings. The molecule has 1 fully saturated rings. The smallest absolute Gasteiger partial charge is 0.240 e. The predicted octanol–water partition coefficient (Wildman–Crippen LogP) is 1.44. The van der Waals surface area contributed by atoms with Gasteiger partial charge < -0.3 is 9.64 Å². The van der Waals surface area contributed by atoms with E-state index in [0.717, 1.165) is 24.1 Å². The molecule has 0 aromatic heterocycles. The van der Waals surface area contributed by atoms with Gasteiger partial charge in [0, 0.05) is 31.8 Å². The molecule has 1 saturated heterocycles. The van der Waals surface area contributed by atoms with Crippen LogP contribution in [0.15, 0.2) is 23.1 Å². The second-order valence-corrected chi connectivity index (χ2v) is 7.99. The number of anilines is 1. The third-order valence-electron chi connectivity index (χ3n) is 4.44. The Hall–Kier alpha value is -1.44. The van der Waals surface area contributed by atoms with Gasteiger partial charge in [0.05, 0.1) is 11.0 Å². The van der Waals surface area contributed by atoms with E-state index in [9.17, 15) is 13.2 Å².